The monoisotopic (exact) mass is 302 g/mol. The molecule has 0 aliphatic heterocycles. The molecule has 2 aromatic carbocycles. The van der Waals surface area contributed by atoms with Crippen molar-refractivity contribution >= 4 is 11.4 Å². The number of rotatable bonds is 5. The SMILES string of the molecule is COC(O)Cc1ccc(Cc2cc(N)cc(C)c2O)c(N)c1. The average molecular weight is 302 g/mol. The number of aromatic hydroxyl groups is 1. The van der Waals surface area contributed by atoms with Crippen LogP contribution < -0.4 is 11.5 Å². The largest absolute Gasteiger partial charge is 0.507 e. The van der Waals surface area contributed by atoms with Gasteiger partial charge in [-0.05, 0) is 41.8 Å². The average Bonchev–Trinajstić information content (AvgIpc) is 2.46. The third kappa shape index (κ3) is 3.69. The van der Waals surface area contributed by atoms with Gasteiger partial charge in [0, 0.05) is 36.9 Å². The molecular formula is C17H22N2O3. The van der Waals surface area contributed by atoms with E-state index in [1.54, 1.807) is 12.1 Å². The molecule has 0 heterocycles. The van der Waals surface area contributed by atoms with Crippen LogP contribution in [0.3, 0.4) is 0 Å². The number of hydrogen-bond acceptors (Lipinski definition) is 5. The van der Waals surface area contributed by atoms with Crippen LogP contribution in [0, 0.1) is 6.92 Å². The minimum Gasteiger partial charge on any atom is -0.507 e. The Kier molecular flexibility index (Phi) is 4.90. The van der Waals surface area contributed by atoms with Crippen LogP contribution in [0.15, 0.2) is 30.3 Å². The Hall–Kier alpha value is -2.24. The summed E-state index contributed by atoms with van der Waals surface area (Å²) in [4.78, 5) is 0. The van der Waals surface area contributed by atoms with Crippen LogP contribution in [-0.2, 0) is 17.6 Å². The molecular weight excluding hydrogens is 280 g/mol. The summed E-state index contributed by atoms with van der Waals surface area (Å²) < 4.78 is 4.83. The van der Waals surface area contributed by atoms with Gasteiger partial charge in [-0.1, -0.05) is 12.1 Å². The second kappa shape index (κ2) is 6.68. The maximum atomic E-state index is 10.1. The first-order chi connectivity index (χ1) is 10.4. The summed E-state index contributed by atoms with van der Waals surface area (Å²) in [5, 5.41) is 19.6. The van der Waals surface area contributed by atoms with Crippen LogP contribution >= 0.6 is 0 Å². The van der Waals surface area contributed by atoms with Gasteiger partial charge in [0.25, 0.3) is 0 Å². The smallest absolute Gasteiger partial charge is 0.158 e. The molecule has 1 unspecified atom stereocenters. The van der Waals surface area contributed by atoms with E-state index in [-0.39, 0.29) is 5.75 Å². The number of nitrogens with two attached hydrogens (primary N) is 2. The summed E-state index contributed by atoms with van der Waals surface area (Å²) >= 11 is 0. The zero-order valence-electron chi connectivity index (χ0n) is 12.8. The highest BCUT2D eigenvalue weighted by Gasteiger charge is 2.10. The number of methoxy groups -OCH3 is 1. The van der Waals surface area contributed by atoms with E-state index in [0.717, 1.165) is 22.3 Å². The molecule has 0 aliphatic rings. The second-order valence-electron chi connectivity index (χ2n) is 5.45. The fraction of sp³-hybridized carbons (Fsp3) is 0.294. The van der Waals surface area contributed by atoms with Crippen molar-refractivity contribution in [1.82, 2.24) is 0 Å². The summed E-state index contributed by atoms with van der Waals surface area (Å²) in [6, 6.07) is 9.09. The molecule has 0 amide bonds. The Bertz CT molecular complexity index is 671. The zero-order valence-corrected chi connectivity index (χ0v) is 12.8. The first-order valence-electron chi connectivity index (χ1n) is 7.06. The van der Waals surface area contributed by atoms with Gasteiger partial charge >= 0.3 is 0 Å². The molecule has 5 heteroatoms. The molecule has 2 rings (SSSR count). The molecule has 0 saturated heterocycles. The first-order valence-corrected chi connectivity index (χ1v) is 7.06. The number of anilines is 2. The molecule has 0 bridgehead atoms. The predicted molar refractivity (Wildman–Crippen MR) is 87.6 cm³/mol. The number of aryl methyl sites for hydroxylation is 1. The predicted octanol–water partition coefficient (Wildman–Crippen LogP) is 1.96. The van der Waals surface area contributed by atoms with Crippen LogP contribution in [0.25, 0.3) is 0 Å². The van der Waals surface area contributed by atoms with Crippen molar-refractivity contribution in [2.24, 2.45) is 0 Å². The third-order valence-electron chi connectivity index (χ3n) is 3.68. The fourth-order valence-electron chi connectivity index (χ4n) is 2.44. The third-order valence-corrected chi connectivity index (χ3v) is 3.68. The van der Waals surface area contributed by atoms with Gasteiger partial charge in [-0.15, -0.1) is 0 Å². The van der Waals surface area contributed by atoms with Gasteiger partial charge < -0.3 is 26.4 Å². The molecule has 0 fully saturated rings. The van der Waals surface area contributed by atoms with Crippen LogP contribution in [0.1, 0.15) is 22.3 Å². The molecule has 0 saturated carbocycles. The Balaban J connectivity index is 2.24. The summed E-state index contributed by atoms with van der Waals surface area (Å²) in [7, 11) is 1.45. The standard InChI is InChI=1S/C17H22N2O3/c1-10-5-14(18)9-13(17(10)21)8-12-4-3-11(6-15(12)19)7-16(20)22-2/h3-6,9,16,20-21H,7-8,18-19H2,1-2H3. The first kappa shape index (κ1) is 16.1. The van der Waals surface area contributed by atoms with Gasteiger partial charge in [-0.2, -0.15) is 0 Å². The lowest BCUT2D eigenvalue weighted by Gasteiger charge is -2.13. The van der Waals surface area contributed by atoms with Gasteiger partial charge in [0.1, 0.15) is 5.75 Å². The Morgan fingerprint density at radius 3 is 2.50 bits per heavy atom. The Morgan fingerprint density at radius 2 is 1.86 bits per heavy atom. The zero-order chi connectivity index (χ0) is 16.3. The Labute approximate surface area is 130 Å². The van der Waals surface area contributed by atoms with Crippen molar-refractivity contribution < 1.29 is 14.9 Å². The van der Waals surface area contributed by atoms with Gasteiger partial charge in [-0.3, -0.25) is 0 Å². The minimum atomic E-state index is -0.842. The van der Waals surface area contributed by atoms with E-state index in [9.17, 15) is 10.2 Å². The van der Waals surface area contributed by atoms with Crippen LogP contribution in [-0.4, -0.2) is 23.6 Å². The van der Waals surface area contributed by atoms with Gasteiger partial charge in [-0.25, -0.2) is 0 Å². The van der Waals surface area contributed by atoms with Gasteiger partial charge in [0.05, 0.1) is 0 Å². The van der Waals surface area contributed by atoms with E-state index in [1.807, 2.05) is 25.1 Å². The molecule has 5 nitrogen and oxygen atoms in total. The Morgan fingerprint density at radius 1 is 1.14 bits per heavy atom. The quantitative estimate of drug-likeness (QED) is 0.384. The normalized spacial score (nSPS) is 12.3. The number of ether oxygens (including phenoxy) is 1. The highest BCUT2D eigenvalue weighted by atomic mass is 16.6. The van der Waals surface area contributed by atoms with E-state index in [4.69, 9.17) is 16.2 Å². The highest BCUT2D eigenvalue weighted by Crippen LogP contribution is 2.29. The van der Waals surface area contributed by atoms with E-state index < -0.39 is 6.29 Å². The molecule has 22 heavy (non-hydrogen) atoms. The van der Waals surface area contributed by atoms with Crippen LogP contribution in [0.2, 0.25) is 0 Å². The van der Waals surface area contributed by atoms with E-state index in [2.05, 4.69) is 0 Å². The summed E-state index contributed by atoms with van der Waals surface area (Å²) in [5.41, 5.74) is 16.4. The van der Waals surface area contributed by atoms with Crippen molar-refractivity contribution in [2.45, 2.75) is 26.1 Å². The highest BCUT2D eigenvalue weighted by molar-refractivity contribution is 5.57. The lowest BCUT2D eigenvalue weighted by Crippen LogP contribution is -2.12. The van der Waals surface area contributed by atoms with Gasteiger partial charge in [0.15, 0.2) is 6.29 Å². The van der Waals surface area contributed by atoms with E-state index >= 15 is 0 Å². The maximum absolute atomic E-state index is 10.1. The second-order valence-corrected chi connectivity index (χ2v) is 5.45. The molecule has 118 valence electrons. The molecule has 6 N–H and O–H groups in total. The number of nitrogen functional groups attached to an aromatic ring is 2. The molecule has 1 atom stereocenters. The van der Waals surface area contributed by atoms with E-state index in [0.29, 0.717) is 24.2 Å². The lowest BCUT2D eigenvalue weighted by atomic mass is 9.98. The van der Waals surface area contributed by atoms with Crippen molar-refractivity contribution in [3.63, 3.8) is 0 Å². The summed E-state index contributed by atoms with van der Waals surface area (Å²) in [6.45, 7) is 1.81. The molecule has 0 aliphatic carbocycles. The number of hydrogen-bond donors (Lipinski definition) is 4. The molecule has 0 aromatic heterocycles. The number of aliphatic hydroxyl groups excluding tert-OH is 1. The van der Waals surface area contributed by atoms with Crippen molar-refractivity contribution in [2.75, 3.05) is 18.6 Å². The number of aliphatic hydroxyl groups is 1. The van der Waals surface area contributed by atoms with Crippen LogP contribution in [0.5, 0.6) is 5.75 Å². The maximum Gasteiger partial charge on any atom is 0.158 e. The summed E-state index contributed by atoms with van der Waals surface area (Å²) in [6.07, 6.45) is 0.0335. The molecule has 0 radical (unpaired) electrons. The van der Waals surface area contributed by atoms with E-state index in [1.165, 1.54) is 7.11 Å². The fourth-order valence-corrected chi connectivity index (χ4v) is 2.44. The lowest BCUT2D eigenvalue weighted by molar-refractivity contribution is -0.0720. The van der Waals surface area contributed by atoms with Crippen molar-refractivity contribution in [1.29, 1.82) is 0 Å². The number of phenols is 1. The summed E-state index contributed by atoms with van der Waals surface area (Å²) in [5.74, 6) is 0.243. The topological polar surface area (TPSA) is 102 Å². The van der Waals surface area contributed by atoms with Crippen molar-refractivity contribution in [3.05, 3.63) is 52.6 Å². The molecule has 0 spiro atoms. The number of benzene rings is 2. The van der Waals surface area contributed by atoms with Crippen LogP contribution in [0.4, 0.5) is 11.4 Å². The van der Waals surface area contributed by atoms with Crippen molar-refractivity contribution in [3.8, 4) is 5.75 Å². The minimum absolute atomic E-state index is 0.243. The van der Waals surface area contributed by atoms with Gasteiger partial charge in [0.2, 0.25) is 0 Å². The molecule has 2 aromatic rings. The number of phenolic OH excluding ortho intramolecular Hbond substituents is 1.